The molecule has 2 aliphatic rings. The molecule has 3 heterocycles. The zero-order valence-electron chi connectivity index (χ0n) is 17.8. The number of ether oxygens (including phenoxy) is 1. The number of aromatic amines is 2. The van der Waals surface area contributed by atoms with Gasteiger partial charge in [0.25, 0.3) is 5.56 Å². The van der Waals surface area contributed by atoms with E-state index in [0.29, 0.717) is 50.8 Å². The number of fused-ring (bicyclic) bond motifs is 1. The second-order valence-electron chi connectivity index (χ2n) is 8.26. The fraction of sp³-hybridized carbons (Fsp3) is 0.476. The molecule has 0 aliphatic carbocycles. The molecule has 172 valence electrons. The first-order valence-electron chi connectivity index (χ1n) is 10.6. The first-order chi connectivity index (χ1) is 15.2. The summed E-state index contributed by atoms with van der Waals surface area (Å²) in [6.07, 6.45) is 3.24. The van der Waals surface area contributed by atoms with Gasteiger partial charge in [-0.1, -0.05) is 12.1 Å². The van der Waals surface area contributed by atoms with Crippen LogP contribution in [-0.2, 0) is 27.7 Å². The lowest BCUT2D eigenvalue weighted by molar-refractivity contribution is -0.131. The Hall–Kier alpha value is -2.92. The average molecular weight is 463 g/mol. The average Bonchev–Trinajstić information content (AvgIpc) is 3.00. The highest BCUT2D eigenvalue weighted by molar-refractivity contribution is 7.89. The fourth-order valence-electron chi connectivity index (χ4n) is 4.37. The van der Waals surface area contributed by atoms with E-state index in [1.165, 1.54) is 19.2 Å². The first-order valence-corrected chi connectivity index (χ1v) is 12.0. The van der Waals surface area contributed by atoms with E-state index < -0.39 is 26.9 Å². The lowest BCUT2D eigenvalue weighted by Crippen LogP contribution is -2.37. The highest BCUT2D eigenvalue weighted by Crippen LogP contribution is 2.37. The van der Waals surface area contributed by atoms with Gasteiger partial charge in [0.1, 0.15) is 5.60 Å². The number of H-pyrrole nitrogens is 2. The lowest BCUT2D eigenvalue weighted by atomic mass is 9.90. The predicted molar refractivity (Wildman–Crippen MR) is 116 cm³/mol. The van der Waals surface area contributed by atoms with Crippen LogP contribution < -0.4 is 20.7 Å². The molecule has 0 bridgehead atoms. The van der Waals surface area contributed by atoms with Crippen LogP contribution in [0.15, 0.2) is 38.8 Å². The molecule has 32 heavy (non-hydrogen) atoms. The van der Waals surface area contributed by atoms with Gasteiger partial charge in [0.05, 0.1) is 10.5 Å². The largest absolute Gasteiger partial charge is 0.471 e. The number of nitrogens with zero attached hydrogens (tertiary/aromatic N) is 1. The highest BCUT2D eigenvalue weighted by Gasteiger charge is 2.43. The Morgan fingerprint density at radius 1 is 1.16 bits per heavy atom. The number of carbonyl (C=O) groups excluding carboxylic acids is 1. The Balaban J connectivity index is 1.35. The summed E-state index contributed by atoms with van der Waals surface area (Å²) in [6.45, 7) is 1.11. The van der Waals surface area contributed by atoms with Crippen molar-refractivity contribution in [3.63, 3.8) is 0 Å². The topological polar surface area (TPSA) is 141 Å². The molecule has 0 unspecified atom stereocenters. The third-order valence-electron chi connectivity index (χ3n) is 6.20. The number of hydrogen-bond acceptors (Lipinski definition) is 6. The Morgan fingerprint density at radius 3 is 2.62 bits per heavy atom. The molecular formula is C21H26N4O6S. The van der Waals surface area contributed by atoms with Crippen LogP contribution in [0.25, 0.3) is 0 Å². The monoisotopic (exact) mass is 462 g/mol. The molecule has 11 heteroatoms. The van der Waals surface area contributed by atoms with Gasteiger partial charge in [-0.3, -0.25) is 19.6 Å². The minimum atomic E-state index is -3.48. The summed E-state index contributed by atoms with van der Waals surface area (Å²) in [4.78, 5) is 43.2. The molecule has 1 saturated heterocycles. The number of rotatable bonds is 5. The maximum atomic E-state index is 12.8. The van der Waals surface area contributed by atoms with Crippen molar-refractivity contribution in [2.24, 2.45) is 0 Å². The van der Waals surface area contributed by atoms with Crippen LogP contribution in [0, 0.1) is 0 Å². The summed E-state index contributed by atoms with van der Waals surface area (Å²) in [7, 11) is -2.12. The zero-order chi connectivity index (χ0) is 22.9. The van der Waals surface area contributed by atoms with E-state index in [4.69, 9.17) is 4.74 Å². The number of aryl methyl sites for hydroxylation is 1. The number of aromatic nitrogens is 2. The summed E-state index contributed by atoms with van der Waals surface area (Å²) < 4.78 is 31.9. The van der Waals surface area contributed by atoms with Crippen molar-refractivity contribution >= 4 is 15.9 Å². The minimum Gasteiger partial charge on any atom is -0.471 e. The third-order valence-corrected chi connectivity index (χ3v) is 7.63. The second kappa shape index (κ2) is 8.55. The van der Waals surface area contributed by atoms with Crippen molar-refractivity contribution < 1.29 is 17.9 Å². The SMILES string of the molecule is CNS(=O)(=O)c1ccc(CCC(=O)N2CCC[C@@]3(CC2)Cc2c([nH]c(=O)[nH]c2=O)O3)cc1. The fourth-order valence-corrected chi connectivity index (χ4v) is 5.10. The van der Waals surface area contributed by atoms with Gasteiger partial charge >= 0.3 is 5.69 Å². The standard InChI is InChI=1S/C21H26N4O6S/c1-22-32(29,30)15-6-3-14(4-7-15)5-8-17(26)25-11-2-9-21(10-12-25)13-16-18(27)23-20(28)24-19(16)31-21/h3-4,6-7,22H,2,5,8-13H2,1H3,(H2,23,24,27,28)/t21-/m1/s1. The van der Waals surface area contributed by atoms with Gasteiger partial charge in [-0.15, -0.1) is 0 Å². The van der Waals surface area contributed by atoms with Crippen LogP contribution in [0.1, 0.15) is 36.8 Å². The number of benzene rings is 1. The normalized spacial score (nSPS) is 20.6. The van der Waals surface area contributed by atoms with Crippen LogP contribution in [0.3, 0.4) is 0 Å². The quantitative estimate of drug-likeness (QED) is 0.583. The van der Waals surface area contributed by atoms with Gasteiger partial charge in [0, 0.05) is 32.4 Å². The number of amides is 1. The van der Waals surface area contributed by atoms with Crippen molar-refractivity contribution in [2.45, 2.75) is 49.0 Å². The van der Waals surface area contributed by atoms with Gasteiger partial charge < -0.3 is 9.64 Å². The molecule has 0 radical (unpaired) electrons. The van der Waals surface area contributed by atoms with Crippen LogP contribution >= 0.6 is 0 Å². The molecule has 1 fully saturated rings. The number of sulfonamides is 1. The van der Waals surface area contributed by atoms with E-state index in [0.717, 1.165) is 12.0 Å². The number of carbonyl (C=O) groups is 1. The zero-order valence-corrected chi connectivity index (χ0v) is 18.6. The van der Waals surface area contributed by atoms with Crippen LogP contribution in [0.4, 0.5) is 0 Å². The molecule has 4 rings (SSSR count). The van der Waals surface area contributed by atoms with Crippen molar-refractivity contribution in [2.75, 3.05) is 20.1 Å². The molecule has 1 aromatic carbocycles. The maximum absolute atomic E-state index is 12.8. The van der Waals surface area contributed by atoms with E-state index >= 15 is 0 Å². The number of nitrogens with one attached hydrogen (secondary N) is 3. The van der Waals surface area contributed by atoms with Crippen molar-refractivity contribution in [3.05, 3.63) is 56.2 Å². The summed E-state index contributed by atoms with van der Waals surface area (Å²) in [6, 6.07) is 6.50. The Bertz CT molecular complexity index is 1230. The Kier molecular flexibility index (Phi) is 5.95. The second-order valence-corrected chi connectivity index (χ2v) is 10.2. The van der Waals surface area contributed by atoms with E-state index in [-0.39, 0.29) is 16.7 Å². The first kappa shape index (κ1) is 22.3. The molecule has 0 saturated carbocycles. The smallest absolute Gasteiger partial charge is 0.328 e. The Labute approximate surface area is 185 Å². The van der Waals surface area contributed by atoms with Crippen LogP contribution in [0.2, 0.25) is 0 Å². The van der Waals surface area contributed by atoms with Gasteiger partial charge in [0.2, 0.25) is 21.8 Å². The summed E-state index contributed by atoms with van der Waals surface area (Å²) in [5, 5.41) is 0. The molecule has 1 aromatic heterocycles. The van der Waals surface area contributed by atoms with Crippen LogP contribution in [-0.4, -0.2) is 54.9 Å². The number of likely N-dealkylation sites (tertiary alicyclic amines) is 1. The van der Waals surface area contributed by atoms with Gasteiger partial charge in [-0.25, -0.2) is 17.9 Å². The van der Waals surface area contributed by atoms with E-state index in [1.807, 2.05) is 4.90 Å². The predicted octanol–water partition coefficient (Wildman–Crippen LogP) is 0.290. The Morgan fingerprint density at radius 2 is 1.91 bits per heavy atom. The van der Waals surface area contributed by atoms with E-state index in [2.05, 4.69) is 14.7 Å². The van der Waals surface area contributed by atoms with E-state index in [1.54, 1.807) is 12.1 Å². The molecule has 2 aromatic rings. The summed E-state index contributed by atoms with van der Waals surface area (Å²) in [5.74, 6) is 0.262. The van der Waals surface area contributed by atoms with Crippen molar-refractivity contribution in [1.29, 1.82) is 0 Å². The highest BCUT2D eigenvalue weighted by atomic mass is 32.2. The molecule has 1 spiro atoms. The molecule has 3 N–H and O–H groups in total. The van der Waals surface area contributed by atoms with Gasteiger partial charge in [0.15, 0.2) is 0 Å². The van der Waals surface area contributed by atoms with Crippen molar-refractivity contribution in [3.8, 4) is 5.88 Å². The van der Waals surface area contributed by atoms with Crippen molar-refractivity contribution in [1.82, 2.24) is 19.6 Å². The maximum Gasteiger partial charge on any atom is 0.328 e. The molecule has 1 atom stereocenters. The van der Waals surface area contributed by atoms with Gasteiger partial charge in [-0.05, 0) is 44.0 Å². The molecule has 2 aliphatic heterocycles. The molecular weight excluding hydrogens is 436 g/mol. The lowest BCUT2D eigenvalue weighted by Gasteiger charge is -2.27. The third kappa shape index (κ3) is 4.49. The van der Waals surface area contributed by atoms with Gasteiger partial charge in [-0.2, -0.15) is 0 Å². The minimum absolute atomic E-state index is 0.0238. The molecule has 1 amide bonds. The van der Waals surface area contributed by atoms with E-state index in [9.17, 15) is 22.8 Å². The number of hydrogen-bond donors (Lipinski definition) is 3. The summed E-state index contributed by atoms with van der Waals surface area (Å²) in [5.41, 5.74) is -0.256. The summed E-state index contributed by atoms with van der Waals surface area (Å²) >= 11 is 0. The molecule has 10 nitrogen and oxygen atoms in total. The van der Waals surface area contributed by atoms with Crippen LogP contribution in [0.5, 0.6) is 5.88 Å².